The number of thiophene rings is 1. The largest absolute Gasteiger partial charge is 0.391 e. The van der Waals surface area contributed by atoms with Crippen LogP contribution in [0.5, 0.6) is 0 Å². The Labute approximate surface area is 233 Å². The maximum atomic E-state index is 13.9. The third-order valence-corrected chi connectivity index (χ3v) is 8.89. The van der Waals surface area contributed by atoms with E-state index in [9.17, 15) is 19.5 Å². The molecule has 1 saturated heterocycles. The second-order valence-corrected chi connectivity index (χ2v) is 11.9. The van der Waals surface area contributed by atoms with Crippen molar-refractivity contribution < 1.29 is 19.5 Å². The van der Waals surface area contributed by atoms with E-state index >= 15 is 0 Å². The molecule has 4 atom stereocenters. The topological polar surface area (TPSA) is 89.9 Å². The predicted octanol–water partition coefficient (Wildman–Crippen LogP) is 4.54. The molecule has 0 saturated carbocycles. The van der Waals surface area contributed by atoms with Gasteiger partial charge >= 0.3 is 0 Å². The third kappa shape index (κ3) is 5.23. The molecule has 3 heterocycles. The Morgan fingerprint density at radius 3 is 2.41 bits per heavy atom. The fourth-order valence-corrected chi connectivity index (χ4v) is 6.67. The van der Waals surface area contributed by atoms with E-state index in [1.54, 1.807) is 22.3 Å². The molecule has 3 aromatic rings. The number of nitrogens with zero attached hydrogens (tertiary/aromatic N) is 2. The molecule has 1 aromatic heterocycles. The van der Waals surface area contributed by atoms with Gasteiger partial charge in [0.15, 0.2) is 0 Å². The molecule has 5 rings (SSSR count). The number of β-amino-alcohol motifs (C(OH)–C–C–N with tert-alkyl or cyclic N) is 1. The molecule has 204 valence electrons. The lowest BCUT2D eigenvalue weighted by atomic mass is 10.00. The van der Waals surface area contributed by atoms with Gasteiger partial charge in [-0.1, -0.05) is 56.3 Å². The van der Waals surface area contributed by atoms with Gasteiger partial charge in [0.05, 0.1) is 12.1 Å². The summed E-state index contributed by atoms with van der Waals surface area (Å²) in [5.41, 5.74) is 4.83. The van der Waals surface area contributed by atoms with Gasteiger partial charge in [0.2, 0.25) is 11.8 Å². The SMILES string of the molecule is Cc1ccsc1-c1ccc([C@H](C)NC(=O)C2C[C@@H](O)CN2C(=O)[C@H](C(C)C)N2Cc3ccccc3C2=O)cc1. The van der Waals surface area contributed by atoms with Gasteiger partial charge in [-0.2, -0.15) is 0 Å². The fourth-order valence-electron chi connectivity index (χ4n) is 5.74. The molecule has 2 N–H and O–H groups in total. The predicted molar refractivity (Wildman–Crippen MR) is 152 cm³/mol. The van der Waals surface area contributed by atoms with Crippen molar-refractivity contribution >= 4 is 29.1 Å². The van der Waals surface area contributed by atoms with Gasteiger partial charge in [0, 0.05) is 30.0 Å². The lowest BCUT2D eigenvalue weighted by Gasteiger charge is -2.35. The fraction of sp³-hybridized carbons (Fsp3) is 0.387. The summed E-state index contributed by atoms with van der Waals surface area (Å²) in [4.78, 5) is 44.8. The number of hydrogen-bond acceptors (Lipinski definition) is 5. The van der Waals surface area contributed by atoms with Gasteiger partial charge in [0.25, 0.3) is 5.91 Å². The molecule has 8 heteroatoms. The molecule has 1 unspecified atom stereocenters. The Hall–Kier alpha value is -3.49. The number of carbonyl (C=O) groups is 3. The van der Waals surface area contributed by atoms with Crippen molar-refractivity contribution in [3.05, 3.63) is 82.2 Å². The summed E-state index contributed by atoms with van der Waals surface area (Å²) in [5, 5.41) is 15.6. The van der Waals surface area contributed by atoms with E-state index in [-0.39, 0.29) is 42.6 Å². The molecule has 2 aromatic carbocycles. The Morgan fingerprint density at radius 1 is 1.05 bits per heavy atom. The number of hydrogen-bond donors (Lipinski definition) is 2. The Bertz CT molecular complexity index is 1380. The average molecular weight is 546 g/mol. The maximum Gasteiger partial charge on any atom is 0.255 e. The zero-order chi connectivity index (χ0) is 27.8. The molecule has 39 heavy (non-hydrogen) atoms. The summed E-state index contributed by atoms with van der Waals surface area (Å²) in [6, 6.07) is 15.8. The van der Waals surface area contributed by atoms with Crippen molar-refractivity contribution in [1.82, 2.24) is 15.1 Å². The van der Waals surface area contributed by atoms with Crippen LogP contribution < -0.4 is 5.32 Å². The number of benzene rings is 2. The van der Waals surface area contributed by atoms with Gasteiger partial charge in [-0.25, -0.2) is 0 Å². The number of amides is 3. The smallest absolute Gasteiger partial charge is 0.255 e. The normalized spacial score (nSPS) is 20.3. The van der Waals surface area contributed by atoms with Crippen molar-refractivity contribution in [2.24, 2.45) is 5.92 Å². The molecule has 2 aliphatic rings. The van der Waals surface area contributed by atoms with Crippen molar-refractivity contribution in [2.75, 3.05) is 6.54 Å². The zero-order valence-electron chi connectivity index (χ0n) is 22.8. The standard InChI is InChI=1S/C31H35N3O4S/c1-18(2)27(34-16-23-7-5-6-8-25(23)30(34)37)31(38)33-17-24(35)15-26(33)29(36)32-20(4)21-9-11-22(12-10-21)28-19(3)13-14-39-28/h5-14,18,20,24,26-27,35H,15-17H2,1-4H3,(H,32,36)/t20-,24+,26?,27-/m0/s1. The molecule has 0 radical (unpaired) electrons. The maximum absolute atomic E-state index is 13.9. The van der Waals surface area contributed by atoms with Crippen molar-refractivity contribution in [1.29, 1.82) is 0 Å². The molecular formula is C31H35N3O4S. The summed E-state index contributed by atoms with van der Waals surface area (Å²) >= 11 is 1.70. The average Bonchev–Trinajstić information content (AvgIpc) is 3.61. The minimum Gasteiger partial charge on any atom is -0.391 e. The first-order valence-electron chi connectivity index (χ1n) is 13.5. The Balaban J connectivity index is 1.30. The second kappa shape index (κ2) is 10.9. The molecule has 0 aliphatic carbocycles. The van der Waals surface area contributed by atoms with Gasteiger partial charge in [0.1, 0.15) is 12.1 Å². The van der Waals surface area contributed by atoms with Crippen LogP contribution in [0.25, 0.3) is 10.4 Å². The highest BCUT2D eigenvalue weighted by atomic mass is 32.1. The number of rotatable bonds is 7. The summed E-state index contributed by atoms with van der Waals surface area (Å²) < 4.78 is 0. The van der Waals surface area contributed by atoms with Crippen LogP contribution in [-0.4, -0.2) is 57.4 Å². The van der Waals surface area contributed by atoms with Crippen LogP contribution >= 0.6 is 11.3 Å². The number of aryl methyl sites for hydroxylation is 1. The van der Waals surface area contributed by atoms with Crippen LogP contribution in [0.4, 0.5) is 0 Å². The highest BCUT2D eigenvalue weighted by Crippen LogP contribution is 2.32. The number of aliphatic hydroxyl groups is 1. The van der Waals surface area contributed by atoms with Crippen LogP contribution in [0.3, 0.4) is 0 Å². The van der Waals surface area contributed by atoms with Gasteiger partial charge < -0.3 is 20.2 Å². The molecule has 2 aliphatic heterocycles. The number of nitrogens with one attached hydrogen (secondary N) is 1. The first-order valence-corrected chi connectivity index (χ1v) is 14.4. The van der Waals surface area contributed by atoms with E-state index in [1.807, 2.05) is 51.1 Å². The molecule has 0 bridgehead atoms. The summed E-state index contributed by atoms with van der Waals surface area (Å²) in [5.74, 6) is -0.940. The van der Waals surface area contributed by atoms with Gasteiger partial charge in [-0.3, -0.25) is 14.4 Å². The van der Waals surface area contributed by atoms with E-state index in [1.165, 1.54) is 15.3 Å². The number of aliphatic hydroxyl groups excluding tert-OH is 1. The van der Waals surface area contributed by atoms with Gasteiger partial charge in [-0.05, 0) is 59.5 Å². The first kappa shape index (κ1) is 27.1. The van der Waals surface area contributed by atoms with Crippen molar-refractivity contribution in [3.8, 4) is 10.4 Å². The van der Waals surface area contributed by atoms with Crippen LogP contribution in [0.2, 0.25) is 0 Å². The molecule has 3 amide bonds. The number of carbonyl (C=O) groups excluding carboxylic acids is 3. The van der Waals surface area contributed by atoms with Gasteiger partial charge in [-0.15, -0.1) is 11.3 Å². The molecular weight excluding hydrogens is 510 g/mol. The minimum absolute atomic E-state index is 0.0678. The van der Waals surface area contributed by atoms with E-state index in [0.29, 0.717) is 12.1 Å². The highest BCUT2D eigenvalue weighted by molar-refractivity contribution is 7.13. The lowest BCUT2D eigenvalue weighted by molar-refractivity contribution is -0.143. The van der Waals surface area contributed by atoms with Crippen LogP contribution in [0.15, 0.2) is 60.0 Å². The van der Waals surface area contributed by atoms with E-state index in [0.717, 1.165) is 16.7 Å². The summed E-state index contributed by atoms with van der Waals surface area (Å²) in [6.45, 7) is 8.24. The summed E-state index contributed by atoms with van der Waals surface area (Å²) in [6.07, 6.45) is -0.632. The lowest BCUT2D eigenvalue weighted by Crippen LogP contribution is -2.55. The van der Waals surface area contributed by atoms with E-state index in [4.69, 9.17) is 0 Å². The van der Waals surface area contributed by atoms with E-state index < -0.39 is 18.2 Å². The first-order chi connectivity index (χ1) is 18.7. The van der Waals surface area contributed by atoms with Crippen LogP contribution in [-0.2, 0) is 16.1 Å². The van der Waals surface area contributed by atoms with Crippen LogP contribution in [0.1, 0.15) is 60.3 Å². The van der Waals surface area contributed by atoms with Crippen molar-refractivity contribution in [2.45, 2.75) is 64.9 Å². The van der Waals surface area contributed by atoms with E-state index in [2.05, 4.69) is 35.8 Å². The zero-order valence-corrected chi connectivity index (χ0v) is 23.6. The molecule has 1 fully saturated rings. The third-order valence-electron chi connectivity index (χ3n) is 7.83. The summed E-state index contributed by atoms with van der Waals surface area (Å²) in [7, 11) is 0. The quantitative estimate of drug-likeness (QED) is 0.456. The Morgan fingerprint density at radius 2 is 1.77 bits per heavy atom. The monoisotopic (exact) mass is 545 g/mol. The number of likely N-dealkylation sites (tertiary alicyclic amines) is 1. The highest BCUT2D eigenvalue weighted by Gasteiger charge is 2.46. The minimum atomic E-state index is -0.802. The molecule has 0 spiro atoms. The number of fused-ring (bicyclic) bond motifs is 1. The molecule has 7 nitrogen and oxygen atoms in total. The Kier molecular flexibility index (Phi) is 7.60. The van der Waals surface area contributed by atoms with Crippen LogP contribution in [0, 0.1) is 12.8 Å². The van der Waals surface area contributed by atoms with Crippen molar-refractivity contribution in [3.63, 3.8) is 0 Å². The second-order valence-electron chi connectivity index (χ2n) is 11.0.